The largest absolute Gasteiger partial charge is 0.383 e. The van der Waals surface area contributed by atoms with Crippen molar-refractivity contribution in [1.82, 2.24) is 10.2 Å². The highest BCUT2D eigenvalue weighted by molar-refractivity contribution is 5.78. The smallest absolute Gasteiger partial charge is 0.236 e. The van der Waals surface area contributed by atoms with E-state index in [1.54, 1.807) is 7.11 Å². The molecule has 4 nitrogen and oxygen atoms in total. The van der Waals surface area contributed by atoms with Crippen molar-refractivity contribution in [3.8, 4) is 0 Å². The Hall–Kier alpha value is -0.610. The molecule has 0 saturated carbocycles. The van der Waals surface area contributed by atoms with Crippen molar-refractivity contribution < 1.29 is 9.53 Å². The molecule has 1 aliphatic heterocycles. The summed E-state index contributed by atoms with van der Waals surface area (Å²) in [6, 6.07) is 0.402. The zero-order chi connectivity index (χ0) is 11.8. The summed E-state index contributed by atoms with van der Waals surface area (Å²) in [5.74, 6) is 0.227. The SMILES string of the molecule is COCCNCC(=O)N1CCCCCC1C. The fourth-order valence-corrected chi connectivity index (χ4v) is 2.12. The van der Waals surface area contributed by atoms with Crippen LogP contribution >= 0.6 is 0 Å². The Balaban J connectivity index is 2.27. The summed E-state index contributed by atoms with van der Waals surface area (Å²) in [7, 11) is 1.67. The Morgan fingerprint density at radius 2 is 2.25 bits per heavy atom. The van der Waals surface area contributed by atoms with Gasteiger partial charge in [-0.2, -0.15) is 0 Å². The van der Waals surface area contributed by atoms with E-state index in [2.05, 4.69) is 12.2 Å². The highest BCUT2D eigenvalue weighted by Gasteiger charge is 2.20. The molecule has 1 heterocycles. The summed E-state index contributed by atoms with van der Waals surface area (Å²) in [4.78, 5) is 14.0. The van der Waals surface area contributed by atoms with Gasteiger partial charge >= 0.3 is 0 Å². The fraction of sp³-hybridized carbons (Fsp3) is 0.917. The summed E-state index contributed by atoms with van der Waals surface area (Å²) in [5, 5.41) is 3.11. The van der Waals surface area contributed by atoms with Crippen LogP contribution in [0.1, 0.15) is 32.6 Å². The van der Waals surface area contributed by atoms with Crippen LogP contribution in [0.15, 0.2) is 0 Å². The van der Waals surface area contributed by atoms with Crippen LogP contribution in [0.3, 0.4) is 0 Å². The first-order chi connectivity index (χ1) is 7.75. The number of nitrogens with zero attached hydrogens (tertiary/aromatic N) is 1. The molecule has 16 heavy (non-hydrogen) atoms. The van der Waals surface area contributed by atoms with Gasteiger partial charge in [-0.05, 0) is 19.8 Å². The number of hydrogen-bond acceptors (Lipinski definition) is 3. The van der Waals surface area contributed by atoms with Crippen LogP contribution in [0.5, 0.6) is 0 Å². The van der Waals surface area contributed by atoms with Crippen LogP contribution in [0.25, 0.3) is 0 Å². The molecule has 1 aliphatic rings. The Bertz CT molecular complexity index is 209. The van der Waals surface area contributed by atoms with E-state index >= 15 is 0 Å². The third-order valence-electron chi connectivity index (χ3n) is 3.13. The second kappa shape index (κ2) is 7.63. The number of ether oxygens (including phenoxy) is 1. The van der Waals surface area contributed by atoms with Gasteiger partial charge in [-0.15, -0.1) is 0 Å². The number of likely N-dealkylation sites (tertiary alicyclic amines) is 1. The van der Waals surface area contributed by atoms with Crippen molar-refractivity contribution in [3.63, 3.8) is 0 Å². The van der Waals surface area contributed by atoms with E-state index in [0.29, 0.717) is 19.2 Å². The molecular weight excluding hydrogens is 204 g/mol. The van der Waals surface area contributed by atoms with Gasteiger partial charge in [0.1, 0.15) is 0 Å². The first-order valence-corrected chi connectivity index (χ1v) is 6.25. The first-order valence-electron chi connectivity index (χ1n) is 6.25. The third-order valence-corrected chi connectivity index (χ3v) is 3.13. The topological polar surface area (TPSA) is 41.6 Å². The molecule has 1 unspecified atom stereocenters. The summed E-state index contributed by atoms with van der Waals surface area (Å²) < 4.78 is 4.92. The lowest BCUT2D eigenvalue weighted by Gasteiger charge is -2.27. The van der Waals surface area contributed by atoms with Crippen LogP contribution in [0, 0.1) is 0 Å². The van der Waals surface area contributed by atoms with E-state index < -0.39 is 0 Å². The van der Waals surface area contributed by atoms with Gasteiger partial charge in [0.25, 0.3) is 0 Å². The molecule has 0 radical (unpaired) electrons. The second-order valence-electron chi connectivity index (χ2n) is 4.46. The van der Waals surface area contributed by atoms with E-state index in [9.17, 15) is 4.79 Å². The highest BCUT2D eigenvalue weighted by atomic mass is 16.5. The average molecular weight is 228 g/mol. The number of carbonyl (C=O) groups excluding carboxylic acids is 1. The number of carbonyl (C=O) groups is 1. The van der Waals surface area contributed by atoms with Gasteiger partial charge in [0, 0.05) is 26.2 Å². The molecular formula is C12H24N2O2. The Labute approximate surface area is 98.3 Å². The highest BCUT2D eigenvalue weighted by Crippen LogP contribution is 2.15. The average Bonchev–Trinajstić information content (AvgIpc) is 2.49. The van der Waals surface area contributed by atoms with Crippen LogP contribution in [-0.4, -0.2) is 50.2 Å². The monoisotopic (exact) mass is 228 g/mol. The molecule has 1 saturated heterocycles. The predicted octanol–water partition coefficient (Wildman–Crippen LogP) is 1.01. The standard InChI is InChI=1S/C12H24N2O2/c1-11-6-4-3-5-8-14(11)12(15)10-13-7-9-16-2/h11,13H,3-10H2,1-2H3. The Kier molecular flexibility index (Phi) is 6.42. The molecule has 4 heteroatoms. The molecule has 1 fully saturated rings. The fourth-order valence-electron chi connectivity index (χ4n) is 2.12. The second-order valence-corrected chi connectivity index (χ2v) is 4.46. The van der Waals surface area contributed by atoms with Gasteiger partial charge < -0.3 is 15.0 Å². The maximum absolute atomic E-state index is 11.9. The first kappa shape index (κ1) is 13.5. The summed E-state index contributed by atoms with van der Waals surface area (Å²) in [6.45, 7) is 4.91. The quantitative estimate of drug-likeness (QED) is 0.714. The van der Waals surface area contributed by atoms with Crippen molar-refractivity contribution in [3.05, 3.63) is 0 Å². The molecule has 0 aromatic heterocycles. The van der Waals surface area contributed by atoms with Gasteiger partial charge in [-0.3, -0.25) is 4.79 Å². The van der Waals surface area contributed by atoms with Crippen molar-refractivity contribution in [2.45, 2.75) is 38.6 Å². The van der Waals surface area contributed by atoms with Crippen molar-refractivity contribution in [1.29, 1.82) is 0 Å². The summed E-state index contributed by atoms with van der Waals surface area (Å²) in [5.41, 5.74) is 0. The van der Waals surface area contributed by atoms with E-state index in [1.165, 1.54) is 12.8 Å². The molecule has 1 amide bonds. The number of hydrogen-bond donors (Lipinski definition) is 1. The van der Waals surface area contributed by atoms with Crippen LogP contribution in [0.2, 0.25) is 0 Å². The van der Waals surface area contributed by atoms with Crippen LogP contribution in [0.4, 0.5) is 0 Å². The Morgan fingerprint density at radius 3 is 3.00 bits per heavy atom. The molecule has 0 aromatic carbocycles. The van der Waals surface area contributed by atoms with Crippen molar-refractivity contribution in [2.75, 3.05) is 33.4 Å². The third kappa shape index (κ3) is 4.49. The minimum absolute atomic E-state index is 0.227. The lowest BCUT2D eigenvalue weighted by atomic mass is 10.1. The molecule has 1 atom stereocenters. The van der Waals surface area contributed by atoms with Crippen molar-refractivity contribution in [2.24, 2.45) is 0 Å². The van der Waals surface area contributed by atoms with Gasteiger partial charge in [-0.1, -0.05) is 12.8 Å². The van der Waals surface area contributed by atoms with Crippen molar-refractivity contribution >= 4 is 5.91 Å². The minimum atomic E-state index is 0.227. The van der Waals surface area contributed by atoms with Gasteiger partial charge in [0.15, 0.2) is 0 Å². The van der Waals surface area contributed by atoms with Gasteiger partial charge in [-0.25, -0.2) is 0 Å². The van der Waals surface area contributed by atoms with E-state index in [4.69, 9.17) is 4.74 Å². The van der Waals surface area contributed by atoms with E-state index in [0.717, 1.165) is 25.9 Å². The van der Waals surface area contributed by atoms with Crippen LogP contribution in [-0.2, 0) is 9.53 Å². The number of amides is 1. The number of nitrogens with one attached hydrogen (secondary N) is 1. The zero-order valence-corrected chi connectivity index (χ0v) is 10.5. The molecule has 0 aliphatic carbocycles. The zero-order valence-electron chi connectivity index (χ0n) is 10.5. The molecule has 94 valence electrons. The lowest BCUT2D eigenvalue weighted by Crippen LogP contribution is -2.43. The maximum atomic E-state index is 11.9. The minimum Gasteiger partial charge on any atom is -0.383 e. The normalized spacial score (nSPS) is 21.9. The maximum Gasteiger partial charge on any atom is 0.236 e. The Morgan fingerprint density at radius 1 is 1.44 bits per heavy atom. The molecule has 0 bridgehead atoms. The molecule has 0 aromatic rings. The molecule has 0 spiro atoms. The number of rotatable bonds is 5. The van der Waals surface area contributed by atoms with Gasteiger partial charge in [0.2, 0.25) is 5.91 Å². The molecule has 1 N–H and O–H groups in total. The summed E-state index contributed by atoms with van der Waals surface area (Å²) >= 11 is 0. The summed E-state index contributed by atoms with van der Waals surface area (Å²) in [6.07, 6.45) is 4.80. The number of methoxy groups -OCH3 is 1. The van der Waals surface area contributed by atoms with E-state index in [1.807, 2.05) is 4.90 Å². The predicted molar refractivity (Wildman–Crippen MR) is 64.4 cm³/mol. The van der Waals surface area contributed by atoms with E-state index in [-0.39, 0.29) is 5.91 Å². The van der Waals surface area contributed by atoms with Crippen LogP contribution < -0.4 is 5.32 Å². The van der Waals surface area contributed by atoms with Gasteiger partial charge in [0.05, 0.1) is 13.2 Å². The molecule has 1 rings (SSSR count). The lowest BCUT2D eigenvalue weighted by molar-refractivity contribution is -0.132.